The summed E-state index contributed by atoms with van der Waals surface area (Å²) in [6, 6.07) is 0.0142. The third-order valence-corrected chi connectivity index (χ3v) is 5.50. The minimum atomic E-state index is -3.49. The number of aryl methyl sites for hydroxylation is 1. The van der Waals surface area contributed by atoms with E-state index >= 15 is 0 Å². The maximum Gasteiger partial charge on any atom is 0.246 e. The molecule has 0 radical (unpaired) electrons. The van der Waals surface area contributed by atoms with E-state index in [0.717, 1.165) is 12.8 Å². The Morgan fingerprint density at radius 3 is 2.74 bits per heavy atom. The molecule has 6 nitrogen and oxygen atoms in total. The molecule has 0 amide bonds. The normalized spacial score (nSPS) is 17.9. The van der Waals surface area contributed by atoms with Crippen molar-refractivity contribution in [2.75, 3.05) is 20.3 Å². The summed E-state index contributed by atoms with van der Waals surface area (Å²) >= 11 is 0. The van der Waals surface area contributed by atoms with Crippen LogP contribution < -0.4 is 0 Å². The van der Waals surface area contributed by atoms with Gasteiger partial charge in [0.1, 0.15) is 4.90 Å². The van der Waals surface area contributed by atoms with Gasteiger partial charge in [-0.25, -0.2) is 8.42 Å². The number of hydrogen-bond acceptors (Lipinski definition) is 4. The number of nitrogens with zero attached hydrogens (tertiary/aromatic N) is 3. The SMILES string of the molecule is COCCN(C(C)C1CC1)S(=O)(=O)c1cnn(C)c1. The highest BCUT2D eigenvalue weighted by Crippen LogP contribution is 2.36. The van der Waals surface area contributed by atoms with E-state index in [-0.39, 0.29) is 10.9 Å². The van der Waals surface area contributed by atoms with Crippen molar-refractivity contribution in [2.24, 2.45) is 13.0 Å². The van der Waals surface area contributed by atoms with Crippen LogP contribution in [0.4, 0.5) is 0 Å². The first-order valence-electron chi connectivity index (χ1n) is 6.46. The second-order valence-electron chi connectivity index (χ2n) is 5.04. The summed E-state index contributed by atoms with van der Waals surface area (Å²) in [6.07, 6.45) is 5.14. The number of hydrogen-bond donors (Lipinski definition) is 0. The molecular weight excluding hydrogens is 266 g/mol. The molecule has 1 aliphatic rings. The Morgan fingerprint density at radius 2 is 2.26 bits per heavy atom. The smallest absolute Gasteiger partial charge is 0.246 e. The van der Waals surface area contributed by atoms with Gasteiger partial charge in [0, 0.05) is 32.9 Å². The maximum atomic E-state index is 12.6. The molecule has 1 atom stereocenters. The van der Waals surface area contributed by atoms with Gasteiger partial charge in [0.05, 0.1) is 12.8 Å². The molecule has 0 N–H and O–H groups in total. The number of sulfonamides is 1. The third-order valence-electron chi connectivity index (χ3n) is 3.56. The Kier molecular flexibility index (Phi) is 4.27. The van der Waals surface area contributed by atoms with E-state index in [4.69, 9.17) is 4.74 Å². The van der Waals surface area contributed by atoms with Gasteiger partial charge in [-0.3, -0.25) is 4.68 Å². The quantitative estimate of drug-likeness (QED) is 0.746. The highest BCUT2D eigenvalue weighted by Gasteiger charge is 2.38. The van der Waals surface area contributed by atoms with Crippen LogP contribution in [-0.2, 0) is 21.8 Å². The molecule has 7 heteroatoms. The van der Waals surface area contributed by atoms with Crippen LogP contribution in [0.1, 0.15) is 19.8 Å². The molecule has 0 bridgehead atoms. The van der Waals surface area contributed by atoms with Crippen molar-refractivity contribution in [3.8, 4) is 0 Å². The summed E-state index contributed by atoms with van der Waals surface area (Å²) in [5, 5.41) is 3.94. The molecule has 1 saturated carbocycles. The van der Waals surface area contributed by atoms with Crippen LogP contribution in [0.5, 0.6) is 0 Å². The fraction of sp³-hybridized carbons (Fsp3) is 0.750. The van der Waals surface area contributed by atoms with Crippen molar-refractivity contribution in [3.63, 3.8) is 0 Å². The number of rotatable bonds is 7. The van der Waals surface area contributed by atoms with Crippen LogP contribution >= 0.6 is 0 Å². The van der Waals surface area contributed by atoms with Crippen LogP contribution in [0, 0.1) is 5.92 Å². The Bertz CT molecular complexity index is 522. The monoisotopic (exact) mass is 287 g/mol. The Hall–Kier alpha value is -0.920. The molecule has 0 aliphatic heterocycles. The fourth-order valence-corrected chi connectivity index (χ4v) is 3.87. The van der Waals surface area contributed by atoms with Crippen molar-refractivity contribution in [1.29, 1.82) is 0 Å². The van der Waals surface area contributed by atoms with E-state index < -0.39 is 10.0 Å². The average Bonchev–Trinajstić information content (AvgIpc) is 3.11. The van der Waals surface area contributed by atoms with Gasteiger partial charge in [-0.05, 0) is 25.7 Å². The molecule has 108 valence electrons. The second-order valence-corrected chi connectivity index (χ2v) is 6.93. The first kappa shape index (κ1) is 14.5. The lowest BCUT2D eigenvalue weighted by molar-refractivity contribution is 0.164. The maximum absolute atomic E-state index is 12.6. The first-order chi connectivity index (χ1) is 8.96. The molecular formula is C12H21N3O3S. The Balaban J connectivity index is 2.25. The molecule has 0 spiro atoms. The van der Waals surface area contributed by atoms with Gasteiger partial charge >= 0.3 is 0 Å². The average molecular weight is 287 g/mol. The predicted octanol–water partition coefficient (Wildman–Crippen LogP) is 0.856. The van der Waals surface area contributed by atoms with E-state index in [2.05, 4.69) is 5.10 Å². The van der Waals surface area contributed by atoms with E-state index in [9.17, 15) is 8.42 Å². The standard InChI is InChI=1S/C12H21N3O3S/c1-10(11-4-5-11)15(6-7-18-3)19(16,17)12-8-13-14(2)9-12/h8-11H,4-7H2,1-3H3. The molecule has 19 heavy (non-hydrogen) atoms. The van der Waals surface area contributed by atoms with E-state index in [0.29, 0.717) is 19.1 Å². The van der Waals surface area contributed by atoms with Gasteiger partial charge in [0.2, 0.25) is 10.0 Å². The topological polar surface area (TPSA) is 64.4 Å². The summed E-state index contributed by atoms with van der Waals surface area (Å²) in [5.74, 6) is 0.475. The van der Waals surface area contributed by atoms with E-state index in [1.165, 1.54) is 17.1 Å². The summed E-state index contributed by atoms with van der Waals surface area (Å²) in [7, 11) is -0.196. The Morgan fingerprint density at radius 1 is 1.58 bits per heavy atom. The van der Waals surface area contributed by atoms with Crippen molar-refractivity contribution in [2.45, 2.75) is 30.7 Å². The largest absolute Gasteiger partial charge is 0.383 e. The van der Waals surface area contributed by atoms with Crippen LogP contribution in [0.2, 0.25) is 0 Å². The van der Waals surface area contributed by atoms with Crippen LogP contribution in [0.15, 0.2) is 17.3 Å². The molecule has 0 aromatic carbocycles. The van der Waals surface area contributed by atoms with Gasteiger partial charge in [-0.2, -0.15) is 9.40 Å². The number of methoxy groups -OCH3 is 1. The van der Waals surface area contributed by atoms with Crippen molar-refractivity contribution in [3.05, 3.63) is 12.4 Å². The van der Waals surface area contributed by atoms with Gasteiger partial charge in [0.15, 0.2) is 0 Å². The van der Waals surface area contributed by atoms with Crippen LogP contribution in [0.3, 0.4) is 0 Å². The van der Waals surface area contributed by atoms with Gasteiger partial charge in [-0.1, -0.05) is 0 Å². The number of ether oxygens (including phenoxy) is 1. The zero-order valence-corrected chi connectivity index (χ0v) is 12.4. The lowest BCUT2D eigenvalue weighted by Gasteiger charge is -2.27. The van der Waals surface area contributed by atoms with E-state index in [1.54, 1.807) is 18.5 Å². The zero-order valence-electron chi connectivity index (χ0n) is 11.6. The summed E-state index contributed by atoms with van der Waals surface area (Å²) < 4.78 is 33.4. The molecule has 2 rings (SSSR count). The van der Waals surface area contributed by atoms with Gasteiger partial charge < -0.3 is 4.74 Å². The van der Waals surface area contributed by atoms with Crippen LogP contribution in [-0.4, -0.2) is 48.8 Å². The molecule has 1 aliphatic carbocycles. The second kappa shape index (κ2) is 5.60. The van der Waals surface area contributed by atoms with E-state index in [1.807, 2.05) is 6.92 Å². The summed E-state index contributed by atoms with van der Waals surface area (Å²) in [5.41, 5.74) is 0. The molecule has 1 heterocycles. The third kappa shape index (κ3) is 3.16. The molecule has 1 aromatic heterocycles. The molecule has 0 saturated heterocycles. The van der Waals surface area contributed by atoms with Crippen molar-refractivity contribution in [1.82, 2.24) is 14.1 Å². The number of aromatic nitrogens is 2. The molecule has 1 unspecified atom stereocenters. The van der Waals surface area contributed by atoms with Gasteiger partial charge in [0.25, 0.3) is 0 Å². The van der Waals surface area contributed by atoms with Crippen molar-refractivity contribution >= 4 is 10.0 Å². The molecule has 1 aromatic rings. The summed E-state index contributed by atoms with van der Waals surface area (Å²) in [6.45, 7) is 2.75. The lowest BCUT2D eigenvalue weighted by atomic mass is 10.2. The minimum Gasteiger partial charge on any atom is -0.383 e. The van der Waals surface area contributed by atoms with Gasteiger partial charge in [-0.15, -0.1) is 0 Å². The highest BCUT2D eigenvalue weighted by molar-refractivity contribution is 7.89. The minimum absolute atomic E-state index is 0.0142. The molecule has 1 fully saturated rings. The fourth-order valence-electron chi connectivity index (χ4n) is 2.21. The zero-order chi connectivity index (χ0) is 14.0. The lowest BCUT2D eigenvalue weighted by Crippen LogP contribution is -2.41. The Labute approximate surface area is 114 Å². The highest BCUT2D eigenvalue weighted by atomic mass is 32.2. The van der Waals surface area contributed by atoms with Crippen LogP contribution in [0.25, 0.3) is 0 Å². The summed E-state index contributed by atoms with van der Waals surface area (Å²) in [4.78, 5) is 0.249. The van der Waals surface area contributed by atoms with Crippen molar-refractivity contribution < 1.29 is 13.2 Å². The predicted molar refractivity (Wildman–Crippen MR) is 71.2 cm³/mol. The first-order valence-corrected chi connectivity index (χ1v) is 7.90.